The Morgan fingerprint density at radius 2 is 1.86 bits per heavy atom. The van der Waals surface area contributed by atoms with E-state index in [1.165, 1.54) is 0 Å². The van der Waals surface area contributed by atoms with Crippen LogP contribution in [-0.2, 0) is 4.79 Å². The van der Waals surface area contributed by atoms with Crippen molar-refractivity contribution in [3.63, 3.8) is 0 Å². The minimum Gasteiger partial charge on any atom is -0.353 e. The molecule has 2 amide bonds. The number of nitrogens with zero attached hydrogens (tertiary/aromatic N) is 3. The van der Waals surface area contributed by atoms with Crippen molar-refractivity contribution in [1.29, 1.82) is 0 Å². The van der Waals surface area contributed by atoms with Gasteiger partial charge >= 0.3 is 0 Å². The summed E-state index contributed by atoms with van der Waals surface area (Å²) in [6.45, 7) is 7.04. The molecular formula is C22H28N4O2. The molecule has 148 valence electrons. The van der Waals surface area contributed by atoms with Crippen LogP contribution in [0.1, 0.15) is 48.7 Å². The molecule has 0 bridgehead atoms. The van der Waals surface area contributed by atoms with E-state index in [4.69, 9.17) is 4.98 Å². The normalized spacial score (nSPS) is 17.9. The number of amides is 2. The fourth-order valence-electron chi connectivity index (χ4n) is 3.81. The fraction of sp³-hybridized carbons (Fsp3) is 0.500. The molecule has 6 heteroatoms. The third-order valence-corrected chi connectivity index (χ3v) is 5.44. The number of fused-ring (bicyclic) bond motifs is 1. The van der Waals surface area contributed by atoms with Gasteiger partial charge in [-0.1, -0.05) is 18.2 Å². The Labute approximate surface area is 165 Å². The summed E-state index contributed by atoms with van der Waals surface area (Å²) >= 11 is 0. The molecule has 0 radical (unpaired) electrons. The van der Waals surface area contributed by atoms with Crippen LogP contribution in [0.5, 0.6) is 0 Å². The van der Waals surface area contributed by atoms with E-state index in [1.807, 2.05) is 49.1 Å². The Hall–Kier alpha value is -2.47. The maximum Gasteiger partial charge on any atom is 0.254 e. The van der Waals surface area contributed by atoms with Crippen molar-refractivity contribution in [2.24, 2.45) is 0 Å². The number of aromatic nitrogens is 1. The molecular weight excluding hydrogens is 352 g/mol. The van der Waals surface area contributed by atoms with E-state index < -0.39 is 0 Å². The first-order valence-electron chi connectivity index (χ1n) is 10.2. The lowest BCUT2D eigenvalue weighted by Gasteiger charge is -2.34. The molecule has 6 nitrogen and oxygen atoms in total. The quantitative estimate of drug-likeness (QED) is 0.865. The average Bonchev–Trinajstić information content (AvgIpc) is 3.52. The molecule has 1 aliphatic carbocycles. The second-order valence-electron chi connectivity index (χ2n) is 8.18. The van der Waals surface area contributed by atoms with Crippen LogP contribution in [-0.4, -0.2) is 65.4 Å². The van der Waals surface area contributed by atoms with Gasteiger partial charge in [0.1, 0.15) is 0 Å². The lowest BCUT2D eigenvalue weighted by Crippen LogP contribution is -2.51. The summed E-state index contributed by atoms with van der Waals surface area (Å²) < 4.78 is 0. The minimum absolute atomic E-state index is 0.0454. The number of carbonyl (C=O) groups is 2. The van der Waals surface area contributed by atoms with Crippen LogP contribution in [0.3, 0.4) is 0 Å². The minimum atomic E-state index is 0.0454. The molecule has 2 aromatic rings. The molecule has 1 saturated heterocycles. The maximum absolute atomic E-state index is 13.3. The van der Waals surface area contributed by atoms with E-state index in [1.54, 1.807) is 0 Å². The Morgan fingerprint density at radius 1 is 1.14 bits per heavy atom. The summed E-state index contributed by atoms with van der Waals surface area (Å²) in [6.07, 6.45) is 2.33. The highest BCUT2D eigenvalue weighted by atomic mass is 16.2. The van der Waals surface area contributed by atoms with Gasteiger partial charge in [-0.15, -0.1) is 0 Å². The van der Waals surface area contributed by atoms with Gasteiger partial charge in [0.05, 0.1) is 17.6 Å². The topological polar surface area (TPSA) is 65.5 Å². The summed E-state index contributed by atoms with van der Waals surface area (Å²) in [7, 11) is 0. The molecule has 28 heavy (non-hydrogen) atoms. The van der Waals surface area contributed by atoms with Crippen molar-refractivity contribution in [1.82, 2.24) is 20.1 Å². The number of piperazine rings is 1. The maximum atomic E-state index is 13.3. The highest BCUT2D eigenvalue weighted by molar-refractivity contribution is 6.06. The Balaban J connectivity index is 1.46. The van der Waals surface area contributed by atoms with Crippen molar-refractivity contribution in [3.8, 4) is 0 Å². The number of nitrogens with one attached hydrogen (secondary N) is 1. The second kappa shape index (κ2) is 7.87. The first kappa shape index (κ1) is 18.9. The molecule has 0 unspecified atom stereocenters. The lowest BCUT2D eigenvalue weighted by molar-refractivity contribution is -0.123. The van der Waals surface area contributed by atoms with Gasteiger partial charge in [-0.3, -0.25) is 19.5 Å². The highest BCUT2D eigenvalue weighted by Crippen LogP contribution is 2.40. The Kier molecular flexibility index (Phi) is 5.31. The molecule has 1 aromatic heterocycles. The van der Waals surface area contributed by atoms with Crippen molar-refractivity contribution < 1.29 is 9.59 Å². The zero-order valence-corrected chi connectivity index (χ0v) is 16.6. The number of benzene rings is 1. The van der Waals surface area contributed by atoms with Gasteiger partial charge in [-0.2, -0.15) is 0 Å². The predicted octanol–water partition coefficient (Wildman–Crippen LogP) is 2.39. The van der Waals surface area contributed by atoms with Crippen molar-refractivity contribution in [2.75, 3.05) is 32.7 Å². The molecule has 0 spiro atoms. The van der Waals surface area contributed by atoms with Crippen molar-refractivity contribution >= 4 is 22.7 Å². The van der Waals surface area contributed by atoms with Crippen LogP contribution in [0.15, 0.2) is 30.3 Å². The molecule has 4 rings (SSSR count). The molecule has 1 aliphatic heterocycles. The number of rotatable bonds is 5. The zero-order chi connectivity index (χ0) is 19.7. The average molecular weight is 380 g/mol. The number of pyridine rings is 1. The predicted molar refractivity (Wildman–Crippen MR) is 109 cm³/mol. The largest absolute Gasteiger partial charge is 0.353 e. The SMILES string of the molecule is CC(C)NC(=O)CN1CCN(C(=O)c2cc(C3CC3)nc3ccccc23)CC1. The van der Waals surface area contributed by atoms with Gasteiger partial charge < -0.3 is 10.2 Å². The van der Waals surface area contributed by atoms with Crippen LogP contribution >= 0.6 is 0 Å². The lowest BCUT2D eigenvalue weighted by atomic mass is 10.0. The highest BCUT2D eigenvalue weighted by Gasteiger charge is 2.29. The fourth-order valence-corrected chi connectivity index (χ4v) is 3.81. The number of hydrogen-bond acceptors (Lipinski definition) is 4. The first-order chi connectivity index (χ1) is 13.5. The Bertz CT molecular complexity index is 883. The summed E-state index contributed by atoms with van der Waals surface area (Å²) in [5.74, 6) is 0.628. The number of hydrogen-bond donors (Lipinski definition) is 1. The van der Waals surface area contributed by atoms with Crippen LogP contribution in [0.25, 0.3) is 10.9 Å². The molecule has 0 atom stereocenters. The third-order valence-electron chi connectivity index (χ3n) is 5.44. The van der Waals surface area contributed by atoms with E-state index in [0.29, 0.717) is 25.6 Å². The van der Waals surface area contributed by atoms with Crippen LogP contribution in [0, 0.1) is 0 Å². The van der Waals surface area contributed by atoms with Gasteiger partial charge in [0, 0.05) is 49.2 Å². The molecule has 1 N–H and O–H groups in total. The smallest absolute Gasteiger partial charge is 0.254 e. The standard InChI is InChI=1S/C22H28N4O2/c1-15(2)23-21(27)14-25-9-11-26(12-10-25)22(28)18-13-20(16-7-8-16)24-19-6-4-3-5-17(18)19/h3-6,13,15-16H,7-12,14H2,1-2H3,(H,23,27). The van der Waals surface area contributed by atoms with E-state index in [0.717, 1.165) is 48.1 Å². The summed E-state index contributed by atoms with van der Waals surface area (Å²) in [6, 6.07) is 10.1. The van der Waals surface area contributed by atoms with Gasteiger partial charge in [-0.05, 0) is 38.8 Å². The Morgan fingerprint density at radius 3 is 2.54 bits per heavy atom. The zero-order valence-electron chi connectivity index (χ0n) is 16.6. The van der Waals surface area contributed by atoms with E-state index in [9.17, 15) is 9.59 Å². The molecule has 2 aliphatic rings. The summed E-state index contributed by atoms with van der Waals surface area (Å²) in [5.41, 5.74) is 2.71. The van der Waals surface area contributed by atoms with Crippen molar-refractivity contribution in [2.45, 2.75) is 38.6 Å². The monoisotopic (exact) mass is 380 g/mol. The van der Waals surface area contributed by atoms with E-state index >= 15 is 0 Å². The first-order valence-corrected chi connectivity index (χ1v) is 10.2. The van der Waals surface area contributed by atoms with E-state index in [-0.39, 0.29) is 17.9 Å². The van der Waals surface area contributed by atoms with Crippen LogP contribution in [0.4, 0.5) is 0 Å². The molecule has 1 aromatic carbocycles. The second-order valence-corrected chi connectivity index (χ2v) is 8.18. The van der Waals surface area contributed by atoms with E-state index in [2.05, 4.69) is 10.2 Å². The third kappa shape index (κ3) is 4.17. The molecule has 2 fully saturated rings. The number of carbonyl (C=O) groups excluding carboxylic acids is 2. The molecule has 2 heterocycles. The summed E-state index contributed by atoms with van der Waals surface area (Å²) in [4.78, 5) is 34.1. The van der Waals surface area contributed by atoms with Crippen LogP contribution < -0.4 is 5.32 Å². The molecule has 1 saturated carbocycles. The van der Waals surface area contributed by atoms with Gasteiger partial charge in [0.15, 0.2) is 0 Å². The van der Waals surface area contributed by atoms with Gasteiger partial charge in [0.25, 0.3) is 5.91 Å². The van der Waals surface area contributed by atoms with Gasteiger partial charge in [-0.25, -0.2) is 0 Å². The van der Waals surface area contributed by atoms with Crippen LogP contribution in [0.2, 0.25) is 0 Å². The number of para-hydroxylation sites is 1. The van der Waals surface area contributed by atoms with Gasteiger partial charge in [0.2, 0.25) is 5.91 Å². The van der Waals surface area contributed by atoms with Crippen molar-refractivity contribution in [3.05, 3.63) is 41.6 Å². The summed E-state index contributed by atoms with van der Waals surface area (Å²) in [5, 5.41) is 3.85.